The molecule has 4 rings (SSSR count). The van der Waals surface area contributed by atoms with Crippen LogP contribution < -0.4 is 5.32 Å². The summed E-state index contributed by atoms with van der Waals surface area (Å²) in [6, 6.07) is 1.70. The van der Waals surface area contributed by atoms with Gasteiger partial charge in [0.1, 0.15) is 11.5 Å². The van der Waals surface area contributed by atoms with Gasteiger partial charge in [0.15, 0.2) is 0 Å². The Morgan fingerprint density at radius 3 is 2.34 bits per heavy atom. The highest BCUT2D eigenvalue weighted by Gasteiger charge is 2.38. The molecular formula is C23H26F6N4O2. The van der Waals surface area contributed by atoms with Crippen molar-refractivity contribution in [1.82, 2.24) is 19.8 Å². The van der Waals surface area contributed by atoms with Gasteiger partial charge >= 0.3 is 12.4 Å². The lowest BCUT2D eigenvalue weighted by atomic mass is 9.89. The minimum atomic E-state index is -4.89. The topological polar surface area (TPSA) is 59.4 Å². The molecule has 3 heterocycles. The standard InChI is InChI=1S/C23H26F6N4O2/c24-22(25,26)17-10-16(11-18(12-17)23(27,28)29)15-2-3-20-31-19(14-33(20)13-15)21(34)30-4-1-5-32-6-8-35-9-7-32/h10-12,14-15H,1-9,13H2,(H,30,34). The van der Waals surface area contributed by atoms with E-state index in [-0.39, 0.29) is 29.8 Å². The maximum atomic E-state index is 13.2. The molecule has 1 unspecified atom stereocenters. The smallest absolute Gasteiger partial charge is 0.379 e. The summed E-state index contributed by atoms with van der Waals surface area (Å²) >= 11 is 0. The predicted octanol–water partition coefficient (Wildman–Crippen LogP) is 4.10. The van der Waals surface area contributed by atoms with Crippen LogP contribution in [0.25, 0.3) is 0 Å². The van der Waals surface area contributed by atoms with Gasteiger partial charge in [-0.3, -0.25) is 9.69 Å². The van der Waals surface area contributed by atoms with Gasteiger partial charge in [0, 0.05) is 44.7 Å². The third-order valence-corrected chi connectivity index (χ3v) is 6.35. The molecule has 2 aliphatic heterocycles. The highest BCUT2D eigenvalue weighted by atomic mass is 19.4. The number of nitrogens with one attached hydrogen (secondary N) is 1. The third-order valence-electron chi connectivity index (χ3n) is 6.35. The number of alkyl halides is 6. The maximum absolute atomic E-state index is 13.2. The minimum absolute atomic E-state index is 0.0272. The fourth-order valence-electron chi connectivity index (χ4n) is 4.46. The van der Waals surface area contributed by atoms with Crippen LogP contribution in [0.4, 0.5) is 26.3 Å². The first-order chi connectivity index (χ1) is 16.5. The van der Waals surface area contributed by atoms with E-state index in [9.17, 15) is 31.1 Å². The van der Waals surface area contributed by atoms with Gasteiger partial charge in [-0.1, -0.05) is 0 Å². The Hall–Kier alpha value is -2.60. The number of ether oxygens (including phenoxy) is 1. The van der Waals surface area contributed by atoms with Crippen LogP contribution in [-0.4, -0.2) is 59.8 Å². The Bertz CT molecular complexity index is 1010. The second-order valence-corrected chi connectivity index (χ2v) is 8.83. The molecule has 192 valence electrons. The Morgan fingerprint density at radius 2 is 1.71 bits per heavy atom. The first-order valence-electron chi connectivity index (χ1n) is 11.4. The molecule has 0 saturated carbocycles. The first-order valence-corrected chi connectivity index (χ1v) is 11.4. The van der Waals surface area contributed by atoms with Crippen LogP contribution in [0.15, 0.2) is 24.4 Å². The summed E-state index contributed by atoms with van der Waals surface area (Å²) < 4.78 is 86.3. The van der Waals surface area contributed by atoms with Crippen molar-refractivity contribution in [2.45, 2.75) is 44.1 Å². The van der Waals surface area contributed by atoms with E-state index in [1.165, 1.54) is 6.20 Å². The van der Waals surface area contributed by atoms with Gasteiger partial charge in [0.25, 0.3) is 5.91 Å². The number of morpholine rings is 1. The van der Waals surface area contributed by atoms with Crippen molar-refractivity contribution in [2.75, 3.05) is 39.4 Å². The predicted molar refractivity (Wildman–Crippen MR) is 114 cm³/mol. The van der Waals surface area contributed by atoms with E-state index >= 15 is 0 Å². The van der Waals surface area contributed by atoms with Crippen molar-refractivity contribution in [3.8, 4) is 0 Å². The first kappa shape index (κ1) is 25.5. The summed E-state index contributed by atoms with van der Waals surface area (Å²) in [4.78, 5) is 19.1. The highest BCUT2D eigenvalue weighted by molar-refractivity contribution is 5.92. The summed E-state index contributed by atoms with van der Waals surface area (Å²) in [6.45, 7) is 4.56. The summed E-state index contributed by atoms with van der Waals surface area (Å²) in [7, 11) is 0. The van der Waals surface area contributed by atoms with Crippen molar-refractivity contribution < 1.29 is 35.9 Å². The Labute approximate surface area is 198 Å². The largest absolute Gasteiger partial charge is 0.416 e. The molecule has 1 aromatic carbocycles. The number of nitrogens with zero attached hydrogens (tertiary/aromatic N) is 3. The molecule has 12 heteroatoms. The van der Waals surface area contributed by atoms with Crippen LogP contribution in [0.2, 0.25) is 0 Å². The van der Waals surface area contributed by atoms with Gasteiger partial charge in [0.2, 0.25) is 0 Å². The van der Waals surface area contributed by atoms with Gasteiger partial charge in [-0.25, -0.2) is 4.98 Å². The van der Waals surface area contributed by atoms with Gasteiger partial charge in [-0.05, 0) is 43.1 Å². The molecule has 0 bridgehead atoms. The summed E-state index contributed by atoms with van der Waals surface area (Å²) in [6.07, 6.45) is -6.84. The lowest BCUT2D eigenvalue weighted by molar-refractivity contribution is -0.143. The van der Waals surface area contributed by atoms with Crippen LogP contribution in [0.1, 0.15) is 51.8 Å². The van der Waals surface area contributed by atoms with Crippen molar-refractivity contribution >= 4 is 5.91 Å². The monoisotopic (exact) mass is 504 g/mol. The van der Waals surface area contributed by atoms with Gasteiger partial charge < -0.3 is 14.6 Å². The molecule has 1 atom stereocenters. The van der Waals surface area contributed by atoms with E-state index in [1.54, 1.807) is 4.57 Å². The number of rotatable bonds is 6. The molecule has 0 spiro atoms. The molecule has 2 aliphatic rings. The van der Waals surface area contributed by atoms with Gasteiger partial charge in [-0.15, -0.1) is 0 Å². The molecule has 6 nitrogen and oxygen atoms in total. The molecule has 1 N–H and O–H groups in total. The highest BCUT2D eigenvalue weighted by Crippen LogP contribution is 2.39. The summed E-state index contributed by atoms with van der Waals surface area (Å²) in [5.41, 5.74) is -2.49. The minimum Gasteiger partial charge on any atom is -0.379 e. The SMILES string of the molecule is O=C(NCCCN1CCOCC1)c1cn2c(n1)CCC(c1cc(C(F)(F)F)cc(C(F)(F)F)c1)C2. The number of aryl methyl sites for hydroxylation is 1. The molecule has 1 fully saturated rings. The van der Waals surface area contributed by atoms with Crippen LogP contribution in [0, 0.1) is 0 Å². The van der Waals surface area contributed by atoms with Crippen LogP contribution >= 0.6 is 0 Å². The number of carbonyl (C=O) groups excluding carboxylic acids is 1. The van der Waals surface area contributed by atoms with E-state index in [0.717, 1.165) is 38.2 Å². The second-order valence-electron chi connectivity index (χ2n) is 8.83. The fraction of sp³-hybridized carbons (Fsp3) is 0.565. The number of hydrogen-bond donors (Lipinski definition) is 1. The number of hydrogen-bond acceptors (Lipinski definition) is 4. The zero-order valence-corrected chi connectivity index (χ0v) is 18.9. The van der Waals surface area contributed by atoms with Crippen LogP contribution in [-0.2, 0) is 30.1 Å². The molecule has 0 radical (unpaired) electrons. The molecule has 1 aromatic heterocycles. The van der Waals surface area contributed by atoms with Crippen LogP contribution in [0.3, 0.4) is 0 Å². The number of amides is 1. The zero-order valence-electron chi connectivity index (χ0n) is 18.9. The molecule has 0 aliphatic carbocycles. The number of halogens is 6. The maximum Gasteiger partial charge on any atom is 0.416 e. The van der Waals surface area contributed by atoms with Crippen molar-refractivity contribution in [1.29, 1.82) is 0 Å². The summed E-state index contributed by atoms with van der Waals surface area (Å²) in [5, 5.41) is 2.82. The molecular weight excluding hydrogens is 478 g/mol. The molecule has 1 amide bonds. The van der Waals surface area contributed by atoms with Crippen LogP contribution in [0.5, 0.6) is 0 Å². The number of carbonyl (C=O) groups is 1. The fourth-order valence-corrected chi connectivity index (χ4v) is 4.46. The number of imidazole rings is 1. The number of fused-ring (bicyclic) bond motifs is 1. The summed E-state index contributed by atoms with van der Waals surface area (Å²) in [5.74, 6) is -0.337. The van der Waals surface area contributed by atoms with E-state index in [2.05, 4.69) is 15.2 Å². The molecule has 2 aromatic rings. The van der Waals surface area contributed by atoms with E-state index in [1.807, 2.05) is 0 Å². The lowest BCUT2D eigenvalue weighted by Crippen LogP contribution is -2.38. The lowest BCUT2D eigenvalue weighted by Gasteiger charge is -2.26. The third kappa shape index (κ3) is 6.35. The quantitative estimate of drug-likeness (QED) is 0.476. The molecule has 1 saturated heterocycles. The number of aromatic nitrogens is 2. The van der Waals surface area contributed by atoms with Crippen molar-refractivity contribution in [2.24, 2.45) is 0 Å². The average molecular weight is 504 g/mol. The van der Waals surface area contributed by atoms with Crippen molar-refractivity contribution in [3.63, 3.8) is 0 Å². The Kier molecular flexibility index (Phi) is 7.41. The zero-order chi connectivity index (χ0) is 25.2. The Balaban J connectivity index is 1.41. The van der Waals surface area contributed by atoms with Gasteiger partial charge in [0.05, 0.1) is 24.3 Å². The van der Waals surface area contributed by atoms with E-state index in [4.69, 9.17) is 4.74 Å². The number of benzene rings is 1. The Morgan fingerprint density at radius 1 is 1.06 bits per heavy atom. The average Bonchev–Trinajstić information content (AvgIpc) is 3.24. The van der Waals surface area contributed by atoms with Crippen molar-refractivity contribution in [3.05, 3.63) is 52.6 Å². The van der Waals surface area contributed by atoms with E-state index < -0.39 is 29.4 Å². The molecule has 35 heavy (non-hydrogen) atoms. The normalized spacial score (nSPS) is 19.4. The second kappa shape index (κ2) is 10.2. The van der Waals surface area contributed by atoms with E-state index in [0.29, 0.717) is 38.4 Å². The van der Waals surface area contributed by atoms with Gasteiger partial charge in [-0.2, -0.15) is 26.3 Å².